The van der Waals surface area contributed by atoms with E-state index >= 15 is 0 Å². The van der Waals surface area contributed by atoms with Gasteiger partial charge in [0.25, 0.3) is 0 Å². The summed E-state index contributed by atoms with van der Waals surface area (Å²) in [5.74, 6) is 0.506. The lowest BCUT2D eigenvalue weighted by molar-refractivity contribution is 0.247. The molecule has 0 radical (unpaired) electrons. The van der Waals surface area contributed by atoms with Gasteiger partial charge >= 0.3 is 12.0 Å². The second-order valence-electron chi connectivity index (χ2n) is 3.73. The molecule has 1 saturated carbocycles. The second-order valence-corrected chi connectivity index (χ2v) is 3.73. The van der Waals surface area contributed by atoms with Crippen LogP contribution in [-0.2, 0) is 0 Å². The minimum atomic E-state index is -0.273. The molecule has 1 heterocycles. The fraction of sp³-hybridized carbons (Fsp3) is 0.667. The van der Waals surface area contributed by atoms with Gasteiger partial charge in [0.1, 0.15) is 0 Å². The van der Waals surface area contributed by atoms with E-state index in [1.807, 2.05) is 0 Å². The SMILES string of the molecule is Cc1noc(NC(=O)NC2CCCC2)n1. The minimum absolute atomic E-state index is 0.142. The van der Waals surface area contributed by atoms with Crippen LogP contribution >= 0.6 is 0 Å². The number of aryl methyl sites for hydroxylation is 1. The molecule has 0 aromatic carbocycles. The predicted octanol–water partition coefficient (Wildman–Crippen LogP) is 1.44. The number of urea groups is 1. The molecular formula is C9H14N4O2. The second kappa shape index (κ2) is 4.29. The lowest BCUT2D eigenvalue weighted by atomic mass is 10.3. The predicted molar refractivity (Wildman–Crippen MR) is 53.4 cm³/mol. The summed E-state index contributed by atoms with van der Waals surface area (Å²) in [4.78, 5) is 15.3. The molecule has 0 unspecified atom stereocenters. The Kier molecular flexibility index (Phi) is 2.84. The molecule has 0 bridgehead atoms. The molecule has 6 heteroatoms. The number of hydrogen-bond acceptors (Lipinski definition) is 4. The van der Waals surface area contributed by atoms with Crippen molar-refractivity contribution in [1.82, 2.24) is 15.5 Å². The molecule has 1 aliphatic carbocycles. The van der Waals surface area contributed by atoms with Crippen molar-refractivity contribution in [2.45, 2.75) is 38.6 Å². The normalized spacial score (nSPS) is 16.6. The number of carbonyl (C=O) groups is 1. The molecule has 6 nitrogen and oxygen atoms in total. The van der Waals surface area contributed by atoms with Crippen LogP contribution in [0.2, 0.25) is 0 Å². The third kappa shape index (κ3) is 2.68. The van der Waals surface area contributed by atoms with E-state index in [0.29, 0.717) is 5.82 Å². The number of rotatable bonds is 2. The molecule has 1 aromatic heterocycles. The molecule has 1 fully saturated rings. The number of carbonyl (C=O) groups excluding carboxylic acids is 1. The number of hydrogen-bond donors (Lipinski definition) is 2. The average Bonchev–Trinajstić information content (AvgIpc) is 2.77. The Bertz CT molecular complexity index is 344. The summed E-state index contributed by atoms with van der Waals surface area (Å²) in [6, 6.07) is 0.155. The van der Waals surface area contributed by atoms with Crippen molar-refractivity contribution in [3.8, 4) is 0 Å². The maximum absolute atomic E-state index is 11.4. The molecule has 2 amide bonds. The van der Waals surface area contributed by atoms with Crippen molar-refractivity contribution < 1.29 is 9.32 Å². The largest absolute Gasteiger partial charge is 0.335 e. The summed E-state index contributed by atoms with van der Waals surface area (Å²) in [7, 11) is 0. The lowest BCUT2D eigenvalue weighted by Gasteiger charge is -2.10. The molecule has 82 valence electrons. The van der Waals surface area contributed by atoms with E-state index in [1.165, 1.54) is 12.8 Å². The number of aromatic nitrogens is 2. The molecule has 2 rings (SSSR count). The van der Waals surface area contributed by atoms with Crippen LogP contribution in [0, 0.1) is 6.92 Å². The molecule has 1 aromatic rings. The zero-order valence-corrected chi connectivity index (χ0v) is 8.62. The quantitative estimate of drug-likeness (QED) is 0.774. The van der Waals surface area contributed by atoms with Gasteiger partial charge in [-0.3, -0.25) is 5.32 Å². The van der Waals surface area contributed by atoms with Crippen molar-refractivity contribution in [2.24, 2.45) is 0 Å². The Balaban J connectivity index is 1.81. The van der Waals surface area contributed by atoms with Gasteiger partial charge in [-0.2, -0.15) is 4.98 Å². The molecule has 1 aliphatic rings. The Morgan fingerprint density at radius 2 is 2.20 bits per heavy atom. The Labute approximate surface area is 87.4 Å². The van der Waals surface area contributed by atoms with Gasteiger partial charge in [0.15, 0.2) is 5.82 Å². The smallest absolute Gasteiger partial charge is 0.329 e. The van der Waals surface area contributed by atoms with Crippen molar-refractivity contribution in [1.29, 1.82) is 0 Å². The van der Waals surface area contributed by atoms with Crippen LogP contribution < -0.4 is 10.6 Å². The van der Waals surface area contributed by atoms with E-state index < -0.39 is 0 Å². The third-order valence-corrected chi connectivity index (χ3v) is 2.44. The molecule has 2 N–H and O–H groups in total. The first-order valence-corrected chi connectivity index (χ1v) is 5.12. The fourth-order valence-corrected chi connectivity index (χ4v) is 1.74. The summed E-state index contributed by atoms with van der Waals surface area (Å²) >= 11 is 0. The number of anilines is 1. The number of nitrogens with zero attached hydrogens (tertiary/aromatic N) is 2. The van der Waals surface area contributed by atoms with Crippen molar-refractivity contribution in [3.63, 3.8) is 0 Å². The molecule has 0 saturated heterocycles. The van der Waals surface area contributed by atoms with Crippen LogP contribution in [0.15, 0.2) is 4.52 Å². The highest BCUT2D eigenvalue weighted by Crippen LogP contribution is 2.17. The molecule has 15 heavy (non-hydrogen) atoms. The third-order valence-electron chi connectivity index (χ3n) is 2.44. The highest BCUT2D eigenvalue weighted by molar-refractivity contribution is 5.87. The standard InChI is InChI=1S/C9H14N4O2/c1-6-10-9(15-13-6)12-8(14)11-7-4-2-3-5-7/h7H,2-5H2,1H3,(H2,10,11,12,13,14). The van der Waals surface area contributed by atoms with Crippen LogP contribution in [0.25, 0.3) is 0 Å². The topological polar surface area (TPSA) is 80.0 Å². The van der Waals surface area contributed by atoms with Crippen molar-refractivity contribution in [3.05, 3.63) is 5.82 Å². The minimum Gasteiger partial charge on any atom is -0.335 e. The van der Waals surface area contributed by atoms with Gasteiger partial charge < -0.3 is 9.84 Å². The van der Waals surface area contributed by atoms with Gasteiger partial charge in [-0.25, -0.2) is 4.79 Å². The fourth-order valence-electron chi connectivity index (χ4n) is 1.74. The summed E-state index contributed by atoms with van der Waals surface area (Å²) in [5, 5.41) is 8.93. The average molecular weight is 210 g/mol. The first-order valence-electron chi connectivity index (χ1n) is 5.12. The van der Waals surface area contributed by atoms with E-state index in [4.69, 9.17) is 4.52 Å². The molecule has 0 atom stereocenters. The summed E-state index contributed by atoms with van der Waals surface area (Å²) in [6.45, 7) is 1.70. The van der Waals surface area contributed by atoms with E-state index in [1.54, 1.807) is 6.92 Å². The van der Waals surface area contributed by atoms with Gasteiger partial charge in [0.2, 0.25) is 0 Å². The van der Waals surface area contributed by atoms with E-state index in [2.05, 4.69) is 20.8 Å². The van der Waals surface area contributed by atoms with Gasteiger partial charge in [-0.15, -0.1) is 0 Å². The van der Waals surface area contributed by atoms with Gasteiger partial charge in [0.05, 0.1) is 0 Å². The molecular weight excluding hydrogens is 196 g/mol. The molecule has 0 spiro atoms. The van der Waals surface area contributed by atoms with Gasteiger partial charge in [0, 0.05) is 6.04 Å². The first kappa shape index (κ1) is 9.95. The van der Waals surface area contributed by atoms with Crippen molar-refractivity contribution >= 4 is 12.0 Å². The monoisotopic (exact) mass is 210 g/mol. The summed E-state index contributed by atoms with van der Waals surface area (Å²) in [5.41, 5.74) is 0. The Morgan fingerprint density at radius 3 is 2.80 bits per heavy atom. The van der Waals surface area contributed by atoms with E-state index in [-0.39, 0.29) is 18.1 Å². The molecule has 0 aliphatic heterocycles. The van der Waals surface area contributed by atoms with Crippen LogP contribution in [0.1, 0.15) is 31.5 Å². The zero-order chi connectivity index (χ0) is 10.7. The first-order chi connectivity index (χ1) is 7.24. The summed E-state index contributed by atoms with van der Waals surface area (Å²) < 4.78 is 4.77. The van der Waals surface area contributed by atoms with Crippen LogP contribution in [0.4, 0.5) is 10.8 Å². The number of nitrogens with one attached hydrogen (secondary N) is 2. The van der Waals surface area contributed by atoms with Crippen molar-refractivity contribution in [2.75, 3.05) is 5.32 Å². The van der Waals surface area contributed by atoms with E-state index in [0.717, 1.165) is 12.8 Å². The van der Waals surface area contributed by atoms with Crippen LogP contribution in [0.5, 0.6) is 0 Å². The van der Waals surface area contributed by atoms with Crippen LogP contribution in [0.3, 0.4) is 0 Å². The number of amides is 2. The highest BCUT2D eigenvalue weighted by Gasteiger charge is 2.17. The maximum atomic E-state index is 11.4. The Hall–Kier alpha value is -1.59. The van der Waals surface area contributed by atoms with Gasteiger partial charge in [-0.1, -0.05) is 18.0 Å². The summed E-state index contributed by atoms with van der Waals surface area (Å²) in [6.07, 6.45) is 4.47. The van der Waals surface area contributed by atoms with Gasteiger partial charge in [-0.05, 0) is 19.8 Å². The highest BCUT2D eigenvalue weighted by atomic mass is 16.5. The lowest BCUT2D eigenvalue weighted by Crippen LogP contribution is -2.36. The van der Waals surface area contributed by atoms with Crippen LogP contribution in [-0.4, -0.2) is 22.2 Å². The van der Waals surface area contributed by atoms with E-state index in [9.17, 15) is 4.79 Å². The zero-order valence-electron chi connectivity index (χ0n) is 8.62. The maximum Gasteiger partial charge on any atom is 0.329 e. The Morgan fingerprint density at radius 1 is 1.47 bits per heavy atom.